The van der Waals surface area contributed by atoms with E-state index in [1.165, 1.54) is 6.07 Å². The predicted molar refractivity (Wildman–Crippen MR) is 140 cm³/mol. The number of halogens is 1. The van der Waals surface area contributed by atoms with Crippen LogP contribution >= 0.6 is 0 Å². The lowest BCUT2D eigenvalue weighted by Crippen LogP contribution is -2.46. The van der Waals surface area contributed by atoms with Crippen LogP contribution in [0.25, 0.3) is 0 Å². The first-order valence-corrected chi connectivity index (χ1v) is 12.3. The van der Waals surface area contributed by atoms with Gasteiger partial charge in [0.2, 0.25) is 6.23 Å². The molecule has 194 valence electrons. The van der Waals surface area contributed by atoms with Gasteiger partial charge in [0.1, 0.15) is 17.4 Å². The number of amidine groups is 1. The number of carbonyl (C=O) groups excluding carboxylic acids is 2. The van der Waals surface area contributed by atoms with Crippen LogP contribution in [0.2, 0.25) is 0 Å². The summed E-state index contributed by atoms with van der Waals surface area (Å²) in [6.45, 7) is 4.92. The molecule has 37 heavy (non-hydrogen) atoms. The van der Waals surface area contributed by atoms with Gasteiger partial charge in [-0.3, -0.25) is 15.0 Å². The summed E-state index contributed by atoms with van der Waals surface area (Å²) in [5.74, 6) is -0.846. The van der Waals surface area contributed by atoms with Crippen molar-refractivity contribution in [2.45, 2.75) is 39.6 Å². The number of nitrogens with two attached hydrogens (primary N) is 1. The number of carbonyl (C=O) groups is 2. The van der Waals surface area contributed by atoms with Crippen LogP contribution in [0.15, 0.2) is 65.9 Å². The number of ketones is 1. The molecule has 2 aromatic rings. The molecule has 0 bridgehead atoms. The van der Waals surface area contributed by atoms with E-state index in [1.807, 2.05) is 26.1 Å². The summed E-state index contributed by atoms with van der Waals surface area (Å²) in [7, 11) is 0. The van der Waals surface area contributed by atoms with Crippen LogP contribution in [-0.2, 0) is 27.4 Å². The number of nitrogens with zero attached hydrogens (tertiary/aromatic N) is 1. The zero-order valence-electron chi connectivity index (χ0n) is 21.0. The van der Waals surface area contributed by atoms with E-state index in [0.29, 0.717) is 36.4 Å². The summed E-state index contributed by atoms with van der Waals surface area (Å²) in [5.41, 5.74) is 10.0. The smallest absolute Gasteiger partial charge is 0.270 e. The first-order valence-electron chi connectivity index (χ1n) is 12.3. The first-order chi connectivity index (χ1) is 17.8. The van der Waals surface area contributed by atoms with Gasteiger partial charge in [-0.1, -0.05) is 36.4 Å². The molecule has 8 nitrogen and oxygen atoms in total. The van der Waals surface area contributed by atoms with Crippen LogP contribution in [0.3, 0.4) is 0 Å². The molecule has 4 rings (SSSR count). The van der Waals surface area contributed by atoms with Crippen molar-refractivity contribution < 1.29 is 18.7 Å². The highest BCUT2D eigenvalue weighted by Gasteiger charge is 2.38. The van der Waals surface area contributed by atoms with Gasteiger partial charge in [-0.2, -0.15) is 0 Å². The van der Waals surface area contributed by atoms with Gasteiger partial charge in [-0.25, -0.2) is 4.39 Å². The Labute approximate surface area is 215 Å². The van der Waals surface area contributed by atoms with Crippen molar-refractivity contribution in [1.82, 2.24) is 10.2 Å². The van der Waals surface area contributed by atoms with Gasteiger partial charge < -0.3 is 26.0 Å². The molecule has 1 amide bonds. The molecule has 9 heteroatoms. The normalized spacial score (nSPS) is 17.5. The fourth-order valence-electron chi connectivity index (χ4n) is 4.60. The molecule has 0 spiro atoms. The third-order valence-electron chi connectivity index (χ3n) is 6.68. The Balaban J connectivity index is 1.49. The number of Topliss-reactive ketones (excluding diaryl/α,β-unsaturated/α-hetero) is 1. The van der Waals surface area contributed by atoms with Crippen molar-refractivity contribution in [2.75, 3.05) is 18.5 Å². The fraction of sp³-hybridized carbons (Fsp3) is 0.321. The molecule has 2 atom stereocenters. The van der Waals surface area contributed by atoms with Crippen LogP contribution in [0, 0.1) is 17.1 Å². The molecule has 0 saturated heterocycles. The van der Waals surface area contributed by atoms with E-state index < -0.39 is 6.23 Å². The second kappa shape index (κ2) is 11.4. The van der Waals surface area contributed by atoms with Crippen molar-refractivity contribution in [3.63, 3.8) is 0 Å². The molecular formula is C28H32FN5O3. The van der Waals surface area contributed by atoms with E-state index in [4.69, 9.17) is 15.9 Å². The highest BCUT2D eigenvalue weighted by molar-refractivity contribution is 5.96. The number of anilines is 1. The quantitative estimate of drug-likeness (QED) is 0.290. The summed E-state index contributed by atoms with van der Waals surface area (Å²) in [4.78, 5) is 27.4. The van der Waals surface area contributed by atoms with Crippen LogP contribution in [-0.4, -0.2) is 41.8 Å². The van der Waals surface area contributed by atoms with E-state index in [0.717, 1.165) is 16.7 Å². The monoisotopic (exact) mass is 505 g/mol. The van der Waals surface area contributed by atoms with Gasteiger partial charge in [0.05, 0.1) is 5.92 Å². The molecule has 0 saturated carbocycles. The molecule has 2 aliphatic rings. The highest BCUT2D eigenvalue weighted by Crippen LogP contribution is 2.34. The Kier molecular flexibility index (Phi) is 8.03. The summed E-state index contributed by atoms with van der Waals surface area (Å²) in [6.07, 6.45) is 3.31. The Morgan fingerprint density at radius 1 is 1.24 bits per heavy atom. The molecule has 1 heterocycles. The van der Waals surface area contributed by atoms with E-state index in [9.17, 15) is 14.0 Å². The maximum absolute atomic E-state index is 14.1. The van der Waals surface area contributed by atoms with Crippen LogP contribution in [0.4, 0.5) is 10.1 Å². The van der Waals surface area contributed by atoms with E-state index in [-0.39, 0.29) is 42.4 Å². The topological polar surface area (TPSA) is 121 Å². The lowest BCUT2D eigenvalue weighted by molar-refractivity contribution is -0.143. The standard InChI is InChI=1S/C28H32FN5O3/c1-3-37-28(34-15-21-17(2)8-11-25(35)22(21)16-34)27(36)33-14-20-10-9-18(26(30)31)12-24(20)32-13-19-6-4-5-7-23(19)29/h4-10,12,15,22,28,32H,3,11,13-14,16H2,1-2H3,(H3,30,31)(H,33,36). The van der Waals surface area contributed by atoms with Crippen molar-refractivity contribution >= 4 is 23.2 Å². The average Bonchev–Trinajstić information content (AvgIpc) is 3.34. The predicted octanol–water partition coefficient (Wildman–Crippen LogP) is 3.44. The molecule has 5 N–H and O–H groups in total. The van der Waals surface area contributed by atoms with Gasteiger partial charge in [0.15, 0.2) is 0 Å². The first kappa shape index (κ1) is 26.1. The van der Waals surface area contributed by atoms with Crippen LogP contribution in [0.5, 0.6) is 0 Å². The Morgan fingerprint density at radius 2 is 2.03 bits per heavy atom. The molecule has 0 fully saturated rings. The Morgan fingerprint density at radius 3 is 2.73 bits per heavy atom. The van der Waals surface area contributed by atoms with E-state index >= 15 is 0 Å². The van der Waals surface area contributed by atoms with Crippen molar-refractivity contribution in [2.24, 2.45) is 11.7 Å². The van der Waals surface area contributed by atoms with Gasteiger partial charge in [0, 0.05) is 55.7 Å². The number of benzene rings is 2. The molecule has 1 aliphatic heterocycles. The minimum Gasteiger partial charge on any atom is -0.384 e. The lowest BCUT2D eigenvalue weighted by Gasteiger charge is -2.27. The average molecular weight is 506 g/mol. The van der Waals surface area contributed by atoms with Gasteiger partial charge >= 0.3 is 0 Å². The third-order valence-corrected chi connectivity index (χ3v) is 6.68. The Hall–Kier alpha value is -3.98. The van der Waals surface area contributed by atoms with Crippen molar-refractivity contribution in [3.05, 3.63) is 88.4 Å². The maximum Gasteiger partial charge on any atom is 0.270 e. The minimum atomic E-state index is -0.880. The number of nitrogens with one attached hydrogen (secondary N) is 3. The molecule has 0 radical (unpaired) electrons. The lowest BCUT2D eigenvalue weighted by atomic mass is 9.85. The third kappa shape index (κ3) is 5.89. The van der Waals surface area contributed by atoms with Gasteiger partial charge in [-0.15, -0.1) is 0 Å². The summed E-state index contributed by atoms with van der Waals surface area (Å²) < 4.78 is 19.9. The number of rotatable bonds is 10. The number of fused-ring (bicyclic) bond motifs is 1. The minimum absolute atomic E-state index is 0.0941. The largest absolute Gasteiger partial charge is 0.384 e. The number of nitrogen functional groups attached to an aromatic ring is 1. The van der Waals surface area contributed by atoms with Crippen LogP contribution < -0.4 is 16.4 Å². The second-order valence-electron chi connectivity index (χ2n) is 9.15. The SMILES string of the molecule is CCOC(C(=O)NCc1ccc(C(=N)N)cc1NCc1ccccc1F)N1C=C2C(C)=CCC(=O)C2C1. The molecule has 2 aromatic carbocycles. The fourth-order valence-corrected chi connectivity index (χ4v) is 4.60. The number of amides is 1. The maximum atomic E-state index is 14.1. The summed E-state index contributed by atoms with van der Waals surface area (Å²) in [5, 5.41) is 13.9. The number of hydrogen-bond donors (Lipinski definition) is 4. The number of hydrogen-bond acceptors (Lipinski definition) is 6. The summed E-state index contributed by atoms with van der Waals surface area (Å²) >= 11 is 0. The summed E-state index contributed by atoms with van der Waals surface area (Å²) in [6, 6.07) is 11.7. The highest BCUT2D eigenvalue weighted by atomic mass is 19.1. The molecule has 1 aliphatic carbocycles. The van der Waals surface area contributed by atoms with Crippen LogP contribution in [0.1, 0.15) is 37.0 Å². The van der Waals surface area contributed by atoms with Gasteiger partial charge in [-0.05, 0) is 42.7 Å². The van der Waals surface area contributed by atoms with E-state index in [2.05, 4.69) is 10.6 Å². The zero-order chi connectivity index (χ0) is 26.5. The zero-order valence-corrected chi connectivity index (χ0v) is 21.0. The molecule has 2 unspecified atom stereocenters. The van der Waals surface area contributed by atoms with Crippen molar-refractivity contribution in [3.8, 4) is 0 Å². The Bertz CT molecular complexity index is 1270. The molecule has 0 aromatic heterocycles. The number of allylic oxidation sites excluding steroid dienone is 2. The molecular weight excluding hydrogens is 473 g/mol. The van der Waals surface area contributed by atoms with E-state index in [1.54, 1.807) is 41.3 Å². The second-order valence-corrected chi connectivity index (χ2v) is 9.15. The van der Waals surface area contributed by atoms with Gasteiger partial charge in [0.25, 0.3) is 5.91 Å². The van der Waals surface area contributed by atoms with Crippen molar-refractivity contribution in [1.29, 1.82) is 5.41 Å². The number of ether oxygens (including phenoxy) is 1.